The summed E-state index contributed by atoms with van der Waals surface area (Å²) in [5.74, 6) is 0.983. The van der Waals surface area contributed by atoms with Crippen LogP contribution >= 0.6 is 11.6 Å². The number of hydrogen-bond acceptors (Lipinski definition) is 4. The van der Waals surface area contributed by atoms with Gasteiger partial charge in [-0.05, 0) is 25.3 Å². The fraction of sp³-hybridized carbons (Fsp3) is 0.643. The Labute approximate surface area is 119 Å². The van der Waals surface area contributed by atoms with Crippen LogP contribution < -0.4 is 9.80 Å². The summed E-state index contributed by atoms with van der Waals surface area (Å²) >= 11 is 6.19. The highest BCUT2D eigenvalue weighted by atomic mass is 35.5. The lowest BCUT2D eigenvalue weighted by atomic mass is 10.1. The van der Waals surface area contributed by atoms with E-state index in [9.17, 15) is 0 Å². The van der Waals surface area contributed by atoms with Gasteiger partial charge in [0.15, 0.2) is 0 Å². The van der Waals surface area contributed by atoms with Crippen LogP contribution in [-0.2, 0) is 4.74 Å². The summed E-state index contributed by atoms with van der Waals surface area (Å²) in [5, 5.41) is 0.588. The Morgan fingerprint density at radius 3 is 2.42 bits per heavy atom. The average Bonchev–Trinajstić information content (AvgIpc) is 2.48. The third kappa shape index (κ3) is 3.12. The quantitative estimate of drug-likeness (QED) is 0.779. The van der Waals surface area contributed by atoms with Crippen LogP contribution in [0.25, 0.3) is 0 Å². The molecular weight excluding hydrogens is 262 g/mol. The first-order valence-electron chi connectivity index (χ1n) is 7.08. The molecule has 104 valence electrons. The van der Waals surface area contributed by atoms with Crippen molar-refractivity contribution in [3.05, 3.63) is 17.3 Å². The molecule has 0 amide bonds. The molecule has 2 aliphatic rings. The van der Waals surface area contributed by atoms with Gasteiger partial charge in [-0.2, -0.15) is 0 Å². The first kappa shape index (κ1) is 13.0. The van der Waals surface area contributed by atoms with Gasteiger partial charge in [0.1, 0.15) is 11.0 Å². The zero-order valence-corrected chi connectivity index (χ0v) is 11.9. The van der Waals surface area contributed by atoms with E-state index in [1.54, 1.807) is 0 Å². The molecule has 2 saturated heterocycles. The predicted molar refractivity (Wildman–Crippen MR) is 78.3 cm³/mol. The standard InChI is InChI=1S/C14H20ClN3O/c15-13-10-12(17-4-2-1-3-5-17)11-14(16-13)18-6-8-19-9-7-18/h10-11H,1-9H2. The summed E-state index contributed by atoms with van der Waals surface area (Å²) in [6.07, 6.45) is 3.88. The minimum Gasteiger partial charge on any atom is -0.378 e. The molecule has 3 rings (SSSR count). The van der Waals surface area contributed by atoms with E-state index < -0.39 is 0 Å². The van der Waals surface area contributed by atoms with Crippen molar-refractivity contribution in [1.82, 2.24) is 4.98 Å². The molecule has 3 heterocycles. The topological polar surface area (TPSA) is 28.6 Å². The van der Waals surface area contributed by atoms with Crippen molar-refractivity contribution in [3.63, 3.8) is 0 Å². The number of halogens is 1. The minimum atomic E-state index is 0.588. The molecule has 0 saturated carbocycles. The van der Waals surface area contributed by atoms with E-state index in [0.717, 1.165) is 45.2 Å². The smallest absolute Gasteiger partial charge is 0.133 e. The molecule has 0 unspecified atom stereocenters. The van der Waals surface area contributed by atoms with Gasteiger partial charge in [-0.25, -0.2) is 4.98 Å². The summed E-state index contributed by atoms with van der Waals surface area (Å²) < 4.78 is 5.39. The number of pyridine rings is 1. The maximum Gasteiger partial charge on any atom is 0.133 e. The van der Waals surface area contributed by atoms with Crippen molar-refractivity contribution in [1.29, 1.82) is 0 Å². The second kappa shape index (κ2) is 5.97. The van der Waals surface area contributed by atoms with E-state index in [0.29, 0.717) is 5.15 Å². The second-order valence-corrected chi connectivity index (χ2v) is 5.54. The Hall–Kier alpha value is -1.00. The normalized spacial score (nSPS) is 20.7. The summed E-state index contributed by atoms with van der Waals surface area (Å²) in [7, 11) is 0. The second-order valence-electron chi connectivity index (χ2n) is 5.15. The molecule has 0 atom stereocenters. The van der Waals surface area contributed by atoms with Crippen molar-refractivity contribution in [2.24, 2.45) is 0 Å². The number of ether oxygens (including phenoxy) is 1. The van der Waals surface area contributed by atoms with Gasteiger partial charge >= 0.3 is 0 Å². The molecule has 0 bridgehead atoms. The van der Waals surface area contributed by atoms with Crippen LogP contribution in [0.4, 0.5) is 11.5 Å². The maximum absolute atomic E-state index is 6.19. The monoisotopic (exact) mass is 281 g/mol. The van der Waals surface area contributed by atoms with Gasteiger partial charge < -0.3 is 14.5 Å². The molecule has 1 aromatic rings. The molecule has 2 fully saturated rings. The Bertz CT molecular complexity index is 392. The molecule has 5 heteroatoms. The third-order valence-corrected chi connectivity index (χ3v) is 4.02. The fourth-order valence-electron chi connectivity index (χ4n) is 2.76. The van der Waals surface area contributed by atoms with Crippen LogP contribution in [0.2, 0.25) is 5.15 Å². The lowest BCUT2D eigenvalue weighted by Crippen LogP contribution is -2.37. The number of piperidine rings is 1. The first-order valence-corrected chi connectivity index (χ1v) is 7.46. The summed E-state index contributed by atoms with van der Waals surface area (Å²) in [4.78, 5) is 9.13. The van der Waals surface area contributed by atoms with Crippen LogP contribution in [0.5, 0.6) is 0 Å². The SMILES string of the molecule is Clc1cc(N2CCCCC2)cc(N2CCOCC2)n1. The van der Waals surface area contributed by atoms with Crippen molar-refractivity contribution >= 4 is 23.1 Å². The zero-order chi connectivity index (χ0) is 13.1. The first-order chi connectivity index (χ1) is 9.33. The Morgan fingerprint density at radius 1 is 0.947 bits per heavy atom. The van der Waals surface area contributed by atoms with Crippen molar-refractivity contribution in [2.75, 3.05) is 49.2 Å². The molecule has 0 N–H and O–H groups in total. The minimum absolute atomic E-state index is 0.588. The van der Waals surface area contributed by atoms with E-state index in [2.05, 4.69) is 20.9 Å². The number of nitrogens with zero attached hydrogens (tertiary/aromatic N) is 3. The maximum atomic E-state index is 6.19. The summed E-state index contributed by atoms with van der Waals surface area (Å²) in [6, 6.07) is 4.15. The van der Waals surface area contributed by atoms with E-state index in [-0.39, 0.29) is 0 Å². The van der Waals surface area contributed by atoms with E-state index in [1.165, 1.54) is 24.9 Å². The van der Waals surface area contributed by atoms with Gasteiger partial charge in [0, 0.05) is 37.9 Å². The van der Waals surface area contributed by atoms with Crippen molar-refractivity contribution < 1.29 is 4.74 Å². The van der Waals surface area contributed by atoms with Gasteiger partial charge in [0.25, 0.3) is 0 Å². The van der Waals surface area contributed by atoms with Gasteiger partial charge in [0.05, 0.1) is 13.2 Å². The highest BCUT2D eigenvalue weighted by Gasteiger charge is 2.17. The number of anilines is 2. The van der Waals surface area contributed by atoms with Crippen molar-refractivity contribution in [2.45, 2.75) is 19.3 Å². The number of rotatable bonds is 2. The summed E-state index contributed by atoms with van der Waals surface area (Å²) in [6.45, 7) is 5.59. The Balaban J connectivity index is 1.82. The molecule has 0 aromatic carbocycles. The van der Waals surface area contributed by atoms with Crippen molar-refractivity contribution in [3.8, 4) is 0 Å². The molecule has 0 spiro atoms. The van der Waals surface area contributed by atoms with Crippen LogP contribution in [0.1, 0.15) is 19.3 Å². The Kier molecular flexibility index (Phi) is 4.09. The van der Waals surface area contributed by atoms with Gasteiger partial charge in [0.2, 0.25) is 0 Å². The van der Waals surface area contributed by atoms with Crippen LogP contribution in [0.15, 0.2) is 12.1 Å². The largest absolute Gasteiger partial charge is 0.378 e. The Morgan fingerprint density at radius 2 is 1.68 bits per heavy atom. The van der Waals surface area contributed by atoms with Crippen LogP contribution in [0.3, 0.4) is 0 Å². The van der Waals surface area contributed by atoms with E-state index >= 15 is 0 Å². The molecule has 4 nitrogen and oxygen atoms in total. The molecule has 19 heavy (non-hydrogen) atoms. The predicted octanol–water partition coefficient (Wildman–Crippen LogP) is 2.56. The van der Waals surface area contributed by atoms with Gasteiger partial charge in [-0.1, -0.05) is 11.6 Å². The van der Waals surface area contributed by atoms with Crippen LogP contribution in [0, 0.1) is 0 Å². The molecule has 1 aromatic heterocycles. The number of hydrogen-bond donors (Lipinski definition) is 0. The fourth-order valence-corrected chi connectivity index (χ4v) is 2.96. The van der Waals surface area contributed by atoms with E-state index in [1.807, 2.05) is 6.07 Å². The lowest BCUT2D eigenvalue weighted by molar-refractivity contribution is 0.122. The lowest BCUT2D eigenvalue weighted by Gasteiger charge is -2.31. The molecular formula is C14H20ClN3O. The van der Waals surface area contributed by atoms with E-state index in [4.69, 9.17) is 16.3 Å². The summed E-state index contributed by atoms with van der Waals surface area (Å²) in [5.41, 5.74) is 1.21. The third-order valence-electron chi connectivity index (χ3n) is 3.82. The molecule has 0 aliphatic carbocycles. The van der Waals surface area contributed by atoms with Gasteiger partial charge in [-0.3, -0.25) is 0 Å². The average molecular weight is 282 g/mol. The number of aromatic nitrogens is 1. The molecule has 2 aliphatic heterocycles. The highest BCUT2D eigenvalue weighted by Crippen LogP contribution is 2.27. The zero-order valence-electron chi connectivity index (χ0n) is 11.1. The highest BCUT2D eigenvalue weighted by molar-refractivity contribution is 6.29. The molecule has 0 radical (unpaired) electrons. The van der Waals surface area contributed by atoms with Gasteiger partial charge in [-0.15, -0.1) is 0 Å². The van der Waals surface area contributed by atoms with Crippen LogP contribution in [-0.4, -0.2) is 44.4 Å². The number of morpholine rings is 1.